The lowest BCUT2D eigenvalue weighted by atomic mass is 10.0. The highest BCUT2D eigenvalue weighted by atomic mass is 16.3. The Hall–Kier alpha value is -0.0800. The lowest BCUT2D eigenvalue weighted by molar-refractivity contribution is 0.142. The van der Waals surface area contributed by atoms with Crippen molar-refractivity contribution in [1.29, 1.82) is 0 Å². The summed E-state index contributed by atoms with van der Waals surface area (Å²) in [5, 5.41) is 19.4. The average molecular weight is 315 g/mol. The Kier molecular flexibility index (Phi) is 17.2. The highest BCUT2D eigenvalue weighted by molar-refractivity contribution is 4.59. The van der Waals surface area contributed by atoms with Crippen LogP contribution in [0.3, 0.4) is 0 Å². The SMILES string of the molecule is CCCCCCCCCCCC(O)CCCCCC(O)CC. The van der Waals surface area contributed by atoms with Crippen LogP contribution < -0.4 is 0 Å². The van der Waals surface area contributed by atoms with E-state index in [0.29, 0.717) is 0 Å². The molecule has 0 radical (unpaired) electrons. The van der Waals surface area contributed by atoms with Gasteiger partial charge in [0.25, 0.3) is 0 Å². The molecule has 2 unspecified atom stereocenters. The third kappa shape index (κ3) is 16.3. The fourth-order valence-electron chi connectivity index (χ4n) is 2.98. The molecule has 0 spiro atoms. The Morgan fingerprint density at radius 2 is 0.864 bits per heavy atom. The zero-order valence-electron chi connectivity index (χ0n) is 15.4. The van der Waals surface area contributed by atoms with Crippen LogP contribution in [0.1, 0.15) is 117 Å². The van der Waals surface area contributed by atoms with Gasteiger partial charge in [0.1, 0.15) is 0 Å². The second-order valence-electron chi connectivity index (χ2n) is 6.97. The molecule has 2 nitrogen and oxygen atoms in total. The molecule has 0 saturated carbocycles. The van der Waals surface area contributed by atoms with E-state index in [4.69, 9.17) is 0 Å². The zero-order valence-corrected chi connectivity index (χ0v) is 15.4. The number of aliphatic hydroxyl groups excluding tert-OH is 2. The fourth-order valence-corrected chi connectivity index (χ4v) is 2.98. The molecule has 0 heterocycles. The summed E-state index contributed by atoms with van der Waals surface area (Å²) in [6, 6.07) is 0. The third-order valence-corrected chi connectivity index (χ3v) is 4.69. The minimum absolute atomic E-state index is 0.0966. The molecule has 0 rings (SSSR count). The van der Waals surface area contributed by atoms with Crippen molar-refractivity contribution in [2.24, 2.45) is 0 Å². The molecular formula is C20H42O2. The molecule has 0 aromatic carbocycles. The van der Waals surface area contributed by atoms with Crippen LogP contribution in [-0.4, -0.2) is 22.4 Å². The minimum Gasteiger partial charge on any atom is -0.393 e. The topological polar surface area (TPSA) is 40.5 Å². The van der Waals surface area contributed by atoms with Crippen molar-refractivity contribution in [2.75, 3.05) is 0 Å². The Bertz CT molecular complexity index is 206. The van der Waals surface area contributed by atoms with Crippen molar-refractivity contribution in [3.8, 4) is 0 Å². The normalized spacial score (nSPS) is 14.2. The van der Waals surface area contributed by atoms with E-state index in [9.17, 15) is 10.2 Å². The van der Waals surface area contributed by atoms with Gasteiger partial charge in [-0.3, -0.25) is 0 Å². The lowest BCUT2D eigenvalue weighted by Crippen LogP contribution is -2.07. The molecule has 2 atom stereocenters. The van der Waals surface area contributed by atoms with Gasteiger partial charge in [-0.1, -0.05) is 90.9 Å². The molecule has 22 heavy (non-hydrogen) atoms. The van der Waals surface area contributed by atoms with E-state index >= 15 is 0 Å². The highest BCUT2D eigenvalue weighted by Crippen LogP contribution is 2.14. The summed E-state index contributed by atoms with van der Waals surface area (Å²) < 4.78 is 0. The quantitative estimate of drug-likeness (QED) is 0.324. The molecule has 0 bridgehead atoms. The van der Waals surface area contributed by atoms with E-state index in [-0.39, 0.29) is 12.2 Å². The highest BCUT2D eigenvalue weighted by Gasteiger charge is 2.05. The maximum Gasteiger partial charge on any atom is 0.0540 e. The van der Waals surface area contributed by atoms with Crippen molar-refractivity contribution < 1.29 is 10.2 Å². The van der Waals surface area contributed by atoms with Gasteiger partial charge in [-0.2, -0.15) is 0 Å². The molecule has 0 saturated heterocycles. The molecular weight excluding hydrogens is 272 g/mol. The Morgan fingerprint density at radius 1 is 0.500 bits per heavy atom. The number of aliphatic hydroxyl groups is 2. The first-order valence-electron chi connectivity index (χ1n) is 10.1. The number of rotatable bonds is 17. The Morgan fingerprint density at radius 3 is 1.32 bits per heavy atom. The number of unbranched alkanes of at least 4 members (excludes halogenated alkanes) is 10. The number of hydrogen-bond donors (Lipinski definition) is 2. The van der Waals surface area contributed by atoms with E-state index in [0.717, 1.165) is 44.9 Å². The monoisotopic (exact) mass is 314 g/mol. The summed E-state index contributed by atoms with van der Waals surface area (Å²) >= 11 is 0. The van der Waals surface area contributed by atoms with Gasteiger partial charge >= 0.3 is 0 Å². The standard InChI is InChI=1S/C20H42O2/c1-3-5-6-7-8-9-10-11-13-17-20(22)18-15-12-14-16-19(21)4-2/h19-22H,3-18H2,1-2H3. The fraction of sp³-hybridized carbons (Fsp3) is 1.00. The molecule has 0 amide bonds. The zero-order chi connectivity index (χ0) is 16.5. The molecule has 0 aliphatic carbocycles. The van der Waals surface area contributed by atoms with Crippen molar-refractivity contribution in [3.05, 3.63) is 0 Å². The van der Waals surface area contributed by atoms with Crippen LogP contribution in [0.15, 0.2) is 0 Å². The van der Waals surface area contributed by atoms with E-state index in [1.807, 2.05) is 6.92 Å². The third-order valence-electron chi connectivity index (χ3n) is 4.69. The number of hydrogen-bond acceptors (Lipinski definition) is 2. The van der Waals surface area contributed by atoms with Gasteiger partial charge in [0.15, 0.2) is 0 Å². The molecule has 0 aliphatic heterocycles. The van der Waals surface area contributed by atoms with Gasteiger partial charge in [0.2, 0.25) is 0 Å². The summed E-state index contributed by atoms with van der Waals surface area (Å²) in [5.41, 5.74) is 0. The maximum atomic E-state index is 9.95. The second kappa shape index (κ2) is 17.3. The van der Waals surface area contributed by atoms with E-state index in [1.54, 1.807) is 0 Å². The first-order valence-corrected chi connectivity index (χ1v) is 10.1. The van der Waals surface area contributed by atoms with Gasteiger partial charge in [-0.15, -0.1) is 0 Å². The molecule has 0 aliphatic rings. The summed E-state index contributed by atoms with van der Waals surface area (Å²) in [6.07, 6.45) is 19.0. The van der Waals surface area contributed by atoms with Crippen LogP contribution in [0.25, 0.3) is 0 Å². The molecule has 0 aromatic rings. The van der Waals surface area contributed by atoms with Crippen molar-refractivity contribution >= 4 is 0 Å². The van der Waals surface area contributed by atoms with Gasteiger partial charge < -0.3 is 10.2 Å². The summed E-state index contributed by atoms with van der Waals surface area (Å²) in [6.45, 7) is 4.29. The van der Waals surface area contributed by atoms with Crippen LogP contribution in [-0.2, 0) is 0 Å². The van der Waals surface area contributed by atoms with Crippen molar-refractivity contribution in [3.63, 3.8) is 0 Å². The molecule has 0 fully saturated rings. The van der Waals surface area contributed by atoms with Crippen LogP contribution in [0, 0.1) is 0 Å². The van der Waals surface area contributed by atoms with Crippen LogP contribution in [0.5, 0.6) is 0 Å². The smallest absolute Gasteiger partial charge is 0.0540 e. The summed E-state index contributed by atoms with van der Waals surface area (Å²) in [5.74, 6) is 0. The van der Waals surface area contributed by atoms with Crippen molar-refractivity contribution in [1.82, 2.24) is 0 Å². The van der Waals surface area contributed by atoms with Gasteiger partial charge in [-0.05, 0) is 25.7 Å². The molecule has 0 aromatic heterocycles. The average Bonchev–Trinajstić information content (AvgIpc) is 2.52. The van der Waals surface area contributed by atoms with E-state index in [1.165, 1.54) is 57.8 Å². The first kappa shape index (κ1) is 21.9. The van der Waals surface area contributed by atoms with E-state index < -0.39 is 0 Å². The van der Waals surface area contributed by atoms with Crippen LogP contribution >= 0.6 is 0 Å². The second-order valence-corrected chi connectivity index (χ2v) is 6.97. The van der Waals surface area contributed by atoms with Gasteiger partial charge in [-0.25, -0.2) is 0 Å². The molecule has 2 heteroatoms. The predicted molar refractivity (Wildman–Crippen MR) is 97.2 cm³/mol. The van der Waals surface area contributed by atoms with Gasteiger partial charge in [0, 0.05) is 0 Å². The molecule has 134 valence electrons. The van der Waals surface area contributed by atoms with Crippen LogP contribution in [0.2, 0.25) is 0 Å². The minimum atomic E-state index is -0.119. The largest absolute Gasteiger partial charge is 0.393 e. The Labute approximate surface area is 139 Å². The lowest BCUT2D eigenvalue weighted by Gasteiger charge is -2.11. The summed E-state index contributed by atoms with van der Waals surface area (Å²) in [4.78, 5) is 0. The van der Waals surface area contributed by atoms with Crippen molar-refractivity contribution in [2.45, 2.75) is 129 Å². The summed E-state index contributed by atoms with van der Waals surface area (Å²) in [7, 11) is 0. The molecule has 2 N–H and O–H groups in total. The maximum absolute atomic E-state index is 9.95. The van der Waals surface area contributed by atoms with Crippen LogP contribution in [0.4, 0.5) is 0 Å². The predicted octanol–water partition coefficient (Wildman–Crippen LogP) is 5.99. The van der Waals surface area contributed by atoms with Gasteiger partial charge in [0.05, 0.1) is 12.2 Å². The van der Waals surface area contributed by atoms with E-state index in [2.05, 4.69) is 6.92 Å². The Balaban J connectivity index is 3.17. The first-order chi connectivity index (χ1) is 10.7.